The average molecular weight is 475 g/mol. The minimum absolute atomic E-state index is 0. The fourth-order valence-corrected chi connectivity index (χ4v) is 3.13. The van der Waals surface area contributed by atoms with Crippen molar-refractivity contribution >= 4 is 41.3 Å². The molecule has 0 aromatic carbocycles. The van der Waals surface area contributed by atoms with Gasteiger partial charge in [-0.1, -0.05) is 6.07 Å². The largest absolute Gasteiger partial charge is 0.356 e. The Bertz CT molecular complexity index is 721. The van der Waals surface area contributed by atoms with Crippen LogP contribution in [0.5, 0.6) is 0 Å². The molecule has 2 heterocycles. The summed E-state index contributed by atoms with van der Waals surface area (Å²) in [7, 11) is 1.76. The van der Waals surface area contributed by atoms with Gasteiger partial charge in [0.25, 0.3) is 0 Å². The van der Waals surface area contributed by atoms with Crippen LogP contribution in [-0.2, 0) is 13.1 Å². The smallest absolute Gasteiger partial charge is 0.250 e. The summed E-state index contributed by atoms with van der Waals surface area (Å²) in [5.74, 6) is 0.775. The fourth-order valence-electron chi connectivity index (χ4n) is 2.25. The summed E-state index contributed by atoms with van der Waals surface area (Å²) < 4.78 is 1.74. The number of thiazole rings is 1. The zero-order valence-corrected chi connectivity index (χ0v) is 18.1. The average Bonchev–Trinajstić information content (AvgIpc) is 2.90. The number of nitrogens with zero attached hydrogens (tertiary/aromatic N) is 3. The number of pyridine rings is 1. The molecule has 138 valence electrons. The summed E-state index contributed by atoms with van der Waals surface area (Å²) in [6.45, 7) is 6.35. The lowest BCUT2D eigenvalue weighted by atomic mass is 10.3. The Kier molecular flexibility index (Phi) is 9.73. The second-order valence-electron chi connectivity index (χ2n) is 5.54. The molecule has 0 saturated carbocycles. The summed E-state index contributed by atoms with van der Waals surface area (Å²) in [6, 6.07) is 5.24. The fraction of sp³-hybridized carbons (Fsp3) is 0.471. The van der Waals surface area contributed by atoms with E-state index in [0.717, 1.165) is 42.6 Å². The summed E-state index contributed by atoms with van der Waals surface area (Å²) in [4.78, 5) is 21.6. The minimum Gasteiger partial charge on any atom is -0.356 e. The number of aromatic nitrogens is 2. The molecule has 0 aliphatic heterocycles. The topological polar surface area (TPSA) is 71.3 Å². The van der Waals surface area contributed by atoms with Crippen molar-refractivity contribution in [3.8, 4) is 0 Å². The van der Waals surface area contributed by atoms with Gasteiger partial charge in [-0.25, -0.2) is 4.98 Å². The van der Waals surface area contributed by atoms with E-state index in [4.69, 9.17) is 0 Å². The van der Waals surface area contributed by atoms with Crippen LogP contribution in [0.4, 0.5) is 0 Å². The van der Waals surface area contributed by atoms with E-state index in [9.17, 15) is 4.79 Å². The second kappa shape index (κ2) is 11.2. The number of guanidine groups is 1. The molecule has 0 unspecified atom stereocenters. The van der Waals surface area contributed by atoms with E-state index in [-0.39, 0.29) is 29.5 Å². The highest BCUT2D eigenvalue weighted by Gasteiger charge is 2.04. The van der Waals surface area contributed by atoms with Crippen LogP contribution in [-0.4, -0.2) is 29.1 Å². The first kappa shape index (κ1) is 21.6. The molecule has 6 nitrogen and oxygen atoms in total. The Morgan fingerprint density at radius 2 is 2.08 bits per heavy atom. The lowest BCUT2D eigenvalue weighted by molar-refractivity contribution is 0.585. The molecule has 0 fully saturated rings. The molecule has 0 spiro atoms. The van der Waals surface area contributed by atoms with Crippen molar-refractivity contribution in [2.75, 3.05) is 13.6 Å². The second-order valence-corrected chi connectivity index (χ2v) is 6.83. The molecule has 8 heteroatoms. The van der Waals surface area contributed by atoms with Gasteiger partial charge < -0.3 is 15.2 Å². The van der Waals surface area contributed by atoms with Crippen LogP contribution in [0.3, 0.4) is 0 Å². The van der Waals surface area contributed by atoms with Crippen LogP contribution in [0.2, 0.25) is 0 Å². The molecule has 0 bridgehead atoms. The zero-order valence-electron chi connectivity index (χ0n) is 14.9. The Morgan fingerprint density at radius 3 is 2.72 bits per heavy atom. The van der Waals surface area contributed by atoms with E-state index in [1.54, 1.807) is 35.1 Å². The molecule has 0 atom stereocenters. The van der Waals surface area contributed by atoms with Crippen molar-refractivity contribution in [1.82, 2.24) is 20.2 Å². The first-order valence-electron chi connectivity index (χ1n) is 8.13. The quantitative estimate of drug-likeness (QED) is 0.280. The first-order valence-corrected chi connectivity index (χ1v) is 8.94. The van der Waals surface area contributed by atoms with Crippen LogP contribution in [0.15, 0.2) is 34.2 Å². The number of hydrogen-bond donors (Lipinski definition) is 2. The maximum Gasteiger partial charge on any atom is 0.250 e. The highest BCUT2D eigenvalue weighted by molar-refractivity contribution is 14.0. The standard InChI is InChI=1S/C17H25N5OS.HI/c1-13-14(2)24-15(21-13)12-20-17(18-3)19-9-5-7-11-22-10-6-4-8-16(22)23;/h4,6,8,10H,5,7,9,11-12H2,1-3H3,(H2,18,19,20);1H. The summed E-state index contributed by atoms with van der Waals surface area (Å²) in [6.07, 6.45) is 3.74. The molecule has 0 amide bonds. The van der Waals surface area contributed by atoms with Gasteiger partial charge in [-0.15, -0.1) is 35.3 Å². The van der Waals surface area contributed by atoms with Crippen LogP contribution < -0.4 is 16.2 Å². The van der Waals surface area contributed by atoms with Gasteiger partial charge in [0.2, 0.25) is 5.56 Å². The van der Waals surface area contributed by atoms with E-state index in [0.29, 0.717) is 6.54 Å². The van der Waals surface area contributed by atoms with E-state index in [1.807, 2.05) is 19.2 Å². The van der Waals surface area contributed by atoms with Crippen LogP contribution in [0.1, 0.15) is 28.4 Å². The third-order valence-corrected chi connectivity index (χ3v) is 4.79. The van der Waals surface area contributed by atoms with Crippen molar-refractivity contribution in [2.45, 2.75) is 39.8 Å². The number of halogens is 1. The van der Waals surface area contributed by atoms with E-state index in [2.05, 4.69) is 27.5 Å². The zero-order chi connectivity index (χ0) is 17.4. The minimum atomic E-state index is 0. The highest BCUT2D eigenvalue weighted by atomic mass is 127. The van der Waals surface area contributed by atoms with Gasteiger partial charge in [0, 0.05) is 37.3 Å². The van der Waals surface area contributed by atoms with Crippen molar-refractivity contribution < 1.29 is 0 Å². The molecule has 0 aliphatic carbocycles. The lowest BCUT2D eigenvalue weighted by Crippen LogP contribution is -2.37. The molecule has 25 heavy (non-hydrogen) atoms. The summed E-state index contributed by atoms with van der Waals surface area (Å²) in [5, 5.41) is 7.63. The SMILES string of the molecule is CN=C(NCCCCn1ccccc1=O)NCc1nc(C)c(C)s1.I. The number of hydrogen-bond acceptors (Lipinski definition) is 4. The maximum absolute atomic E-state index is 11.6. The Hall–Kier alpha value is -1.42. The molecular formula is C17H26IN5OS. The van der Waals surface area contributed by atoms with Crippen molar-refractivity contribution in [3.05, 3.63) is 50.3 Å². The molecule has 2 rings (SSSR count). The Balaban J connectivity index is 0.00000312. The Labute approximate surface area is 169 Å². The van der Waals surface area contributed by atoms with Gasteiger partial charge in [0.05, 0.1) is 12.2 Å². The van der Waals surface area contributed by atoms with Crippen molar-refractivity contribution in [2.24, 2.45) is 4.99 Å². The van der Waals surface area contributed by atoms with Crippen LogP contribution in [0.25, 0.3) is 0 Å². The van der Waals surface area contributed by atoms with Gasteiger partial charge in [0.1, 0.15) is 5.01 Å². The first-order chi connectivity index (χ1) is 11.6. The molecule has 0 saturated heterocycles. The van der Waals surface area contributed by atoms with E-state index >= 15 is 0 Å². The van der Waals surface area contributed by atoms with Crippen LogP contribution in [0, 0.1) is 13.8 Å². The Morgan fingerprint density at radius 1 is 1.28 bits per heavy atom. The highest BCUT2D eigenvalue weighted by Crippen LogP contribution is 2.15. The molecule has 2 N–H and O–H groups in total. The van der Waals surface area contributed by atoms with E-state index in [1.165, 1.54) is 4.88 Å². The number of aryl methyl sites for hydroxylation is 3. The molecule has 0 radical (unpaired) electrons. The summed E-state index contributed by atoms with van der Waals surface area (Å²) in [5.41, 5.74) is 1.15. The normalized spacial score (nSPS) is 11.1. The predicted molar refractivity (Wildman–Crippen MR) is 115 cm³/mol. The maximum atomic E-state index is 11.6. The number of rotatable bonds is 7. The van der Waals surface area contributed by atoms with E-state index < -0.39 is 0 Å². The van der Waals surface area contributed by atoms with Crippen molar-refractivity contribution in [3.63, 3.8) is 0 Å². The van der Waals surface area contributed by atoms with Gasteiger partial charge in [-0.05, 0) is 32.8 Å². The number of unbranched alkanes of at least 4 members (excludes halogenated alkanes) is 1. The monoisotopic (exact) mass is 475 g/mol. The third-order valence-electron chi connectivity index (χ3n) is 3.72. The molecular weight excluding hydrogens is 449 g/mol. The van der Waals surface area contributed by atoms with Gasteiger partial charge >= 0.3 is 0 Å². The molecule has 2 aromatic heterocycles. The van der Waals surface area contributed by atoms with Crippen LogP contribution >= 0.6 is 35.3 Å². The van der Waals surface area contributed by atoms with Gasteiger partial charge in [0.15, 0.2) is 5.96 Å². The van der Waals surface area contributed by atoms with Gasteiger partial charge in [-0.2, -0.15) is 0 Å². The number of aliphatic imine (C=N–C) groups is 1. The lowest BCUT2D eigenvalue weighted by Gasteiger charge is -2.11. The summed E-state index contributed by atoms with van der Waals surface area (Å²) >= 11 is 1.71. The van der Waals surface area contributed by atoms with Gasteiger partial charge in [-0.3, -0.25) is 9.79 Å². The van der Waals surface area contributed by atoms with Crippen molar-refractivity contribution in [1.29, 1.82) is 0 Å². The number of nitrogens with one attached hydrogen (secondary N) is 2. The molecule has 0 aliphatic rings. The predicted octanol–water partition coefficient (Wildman–Crippen LogP) is 2.69. The third kappa shape index (κ3) is 7.15. The molecule has 2 aromatic rings.